The molecule has 2 heterocycles. The molecule has 1 saturated heterocycles. The highest BCUT2D eigenvalue weighted by Gasteiger charge is 2.36. The van der Waals surface area contributed by atoms with Gasteiger partial charge in [0.2, 0.25) is 5.95 Å². The fourth-order valence-electron chi connectivity index (χ4n) is 2.51. The van der Waals surface area contributed by atoms with Gasteiger partial charge >= 0.3 is 0 Å². The molecule has 1 aromatic carbocycles. The molecule has 1 atom stereocenters. The zero-order valence-electron chi connectivity index (χ0n) is 10.7. The second-order valence-corrected chi connectivity index (χ2v) is 4.88. The molecule has 0 saturated carbocycles. The first-order chi connectivity index (χ1) is 9.13. The predicted molar refractivity (Wildman–Crippen MR) is 69.3 cm³/mol. The highest BCUT2D eigenvalue weighted by Crippen LogP contribution is 2.28. The molecular formula is C13H16FN3O2. The van der Waals surface area contributed by atoms with Crippen molar-refractivity contribution in [3.8, 4) is 0 Å². The van der Waals surface area contributed by atoms with Gasteiger partial charge in [0.1, 0.15) is 11.4 Å². The van der Waals surface area contributed by atoms with E-state index in [0.29, 0.717) is 36.7 Å². The van der Waals surface area contributed by atoms with Crippen LogP contribution in [0.5, 0.6) is 0 Å². The Kier molecular flexibility index (Phi) is 2.91. The minimum Gasteiger partial charge on any atom is -0.378 e. The summed E-state index contributed by atoms with van der Waals surface area (Å²) in [6, 6.07) is 4.45. The van der Waals surface area contributed by atoms with Crippen LogP contribution in [-0.4, -0.2) is 35.5 Å². The van der Waals surface area contributed by atoms with Crippen molar-refractivity contribution >= 4 is 17.0 Å². The number of ether oxygens (including phenoxy) is 2. The monoisotopic (exact) mass is 265 g/mol. The lowest BCUT2D eigenvalue weighted by molar-refractivity contribution is -0.0283. The Balaban J connectivity index is 2.04. The molecule has 1 aliphatic heterocycles. The Morgan fingerprint density at radius 3 is 3.11 bits per heavy atom. The minimum absolute atomic E-state index is 0.303. The number of anilines is 1. The molecule has 0 spiro atoms. The molecule has 1 fully saturated rings. The van der Waals surface area contributed by atoms with Crippen molar-refractivity contribution in [1.29, 1.82) is 0 Å². The quantitative estimate of drug-likeness (QED) is 0.915. The van der Waals surface area contributed by atoms with Gasteiger partial charge in [0.15, 0.2) is 0 Å². The van der Waals surface area contributed by atoms with Gasteiger partial charge in [-0.1, -0.05) is 0 Å². The van der Waals surface area contributed by atoms with Gasteiger partial charge < -0.3 is 19.8 Å². The van der Waals surface area contributed by atoms with Crippen LogP contribution in [0.3, 0.4) is 0 Å². The minimum atomic E-state index is -0.409. The Labute approximate surface area is 110 Å². The summed E-state index contributed by atoms with van der Waals surface area (Å²) >= 11 is 0. The Morgan fingerprint density at radius 1 is 1.58 bits per heavy atom. The van der Waals surface area contributed by atoms with Gasteiger partial charge in [-0.05, 0) is 18.2 Å². The third-order valence-corrected chi connectivity index (χ3v) is 3.69. The molecule has 19 heavy (non-hydrogen) atoms. The number of aromatic nitrogens is 2. The van der Waals surface area contributed by atoms with Crippen molar-refractivity contribution in [3.63, 3.8) is 0 Å². The molecule has 2 N–H and O–H groups in total. The maximum absolute atomic E-state index is 13.4. The van der Waals surface area contributed by atoms with E-state index in [9.17, 15) is 4.39 Å². The van der Waals surface area contributed by atoms with Gasteiger partial charge in [0, 0.05) is 20.1 Å². The summed E-state index contributed by atoms with van der Waals surface area (Å²) in [5.74, 6) is 0.0618. The number of rotatable bonds is 3. The van der Waals surface area contributed by atoms with Crippen LogP contribution >= 0.6 is 0 Å². The van der Waals surface area contributed by atoms with Crippen LogP contribution in [0.1, 0.15) is 6.42 Å². The normalized spacial score (nSPS) is 23.3. The highest BCUT2D eigenvalue weighted by atomic mass is 19.1. The van der Waals surface area contributed by atoms with E-state index in [2.05, 4.69) is 4.98 Å². The number of nitrogens with zero attached hydrogens (tertiary/aromatic N) is 2. The van der Waals surface area contributed by atoms with Gasteiger partial charge in [-0.15, -0.1) is 0 Å². The summed E-state index contributed by atoms with van der Waals surface area (Å²) in [5, 5.41) is 0. The summed E-state index contributed by atoms with van der Waals surface area (Å²) in [4.78, 5) is 4.24. The van der Waals surface area contributed by atoms with Crippen LogP contribution < -0.4 is 5.73 Å². The third-order valence-electron chi connectivity index (χ3n) is 3.69. The number of nitrogens with two attached hydrogens (primary N) is 1. The number of hydrogen-bond acceptors (Lipinski definition) is 4. The third kappa shape index (κ3) is 2.06. The maximum atomic E-state index is 13.4. The topological polar surface area (TPSA) is 62.3 Å². The fourth-order valence-corrected chi connectivity index (χ4v) is 2.51. The van der Waals surface area contributed by atoms with Crippen LogP contribution in [-0.2, 0) is 16.0 Å². The number of methoxy groups -OCH3 is 1. The smallest absolute Gasteiger partial charge is 0.201 e. The standard InChI is InChI=1S/C13H16FN3O2/c1-18-13(4-5-19-8-13)7-17-11-6-9(14)2-3-10(11)16-12(17)15/h2-3,6H,4-5,7-8H2,1H3,(H2,15,16). The average molecular weight is 265 g/mol. The van der Waals surface area contributed by atoms with Crippen molar-refractivity contribution in [1.82, 2.24) is 9.55 Å². The van der Waals surface area contributed by atoms with Crippen LogP contribution in [0, 0.1) is 5.82 Å². The SMILES string of the molecule is COC1(Cn2c(N)nc3ccc(F)cc32)CCOC1. The van der Waals surface area contributed by atoms with E-state index < -0.39 is 5.60 Å². The van der Waals surface area contributed by atoms with Crippen molar-refractivity contribution in [2.24, 2.45) is 0 Å². The zero-order valence-corrected chi connectivity index (χ0v) is 10.7. The summed E-state index contributed by atoms with van der Waals surface area (Å²) in [6.45, 7) is 1.68. The predicted octanol–water partition coefficient (Wildman–Crippen LogP) is 1.56. The Bertz CT molecular complexity index is 605. The summed E-state index contributed by atoms with van der Waals surface area (Å²) in [7, 11) is 1.66. The molecular weight excluding hydrogens is 249 g/mol. The lowest BCUT2D eigenvalue weighted by Crippen LogP contribution is -2.37. The van der Waals surface area contributed by atoms with Crippen molar-refractivity contribution < 1.29 is 13.9 Å². The zero-order chi connectivity index (χ0) is 13.5. The summed E-state index contributed by atoms with van der Waals surface area (Å²) in [6.07, 6.45) is 0.790. The van der Waals surface area contributed by atoms with Gasteiger partial charge in [0.05, 0.1) is 24.2 Å². The first kappa shape index (κ1) is 12.4. The second kappa shape index (κ2) is 4.47. The first-order valence-corrected chi connectivity index (χ1v) is 6.18. The number of benzene rings is 1. The number of imidazole rings is 1. The molecule has 5 nitrogen and oxygen atoms in total. The van der Waals surface area contributed by atoms with Crippen LogP contribution in [0.4, 0.5) is 10.3 Å². The molecule has 6 heteroatoms. The summed E-state index contributed by atoms with van der Waals surface area (Å²) < 4.78 is 26.2. The molecule has 0 bridgehead atoms. The first-order valence-electron chi connectivity index (χ1n) is 6.18. The molecule has 1 unspecified atom stereocenters. The molecule has 1 aromatic heterocycles. The number of nitrogen functional groups attached to an aromatic ring is 1. The molecule has 0 radical (unpaired) electrons. The largest absolute Gasteiger partial charge is 0.378 e. The fraction of sp³-hybridized carbons (Fsp3) is 0.462. The van der Waals surface area contributed by atoms with Crippen LogP contribution in [0.15, 0.2) is 18.2 Å². The van der Waals surface area contributed by atoms with Crippen molar-refractivity contribution in [2.75, 3.05) is 26.1 Å². The lowest BCUT2D eigenvalue weighted by atomic mass is 10.0. The highest BCUT2D eigenvalue weighted by molar-refractivity contribution is 5.78. The number of halogens is 1. The van der Waals surface area contributed by atoms with E-state index in [0.717, 1.165) is 6.42 Å². The molecule has 3 rings (SSSR count). The average Bonchev–Trinajstić information content (AvgIpc) is 2.98. The van der Waals surface area contributed by atoms with E-state index >= 15 is 0 Å². The van der Waals surface area contributed by atoms with Gasteiger partial charge in [0.25, 0.3) is 0 Å². The van der Waals surface area contributed by atoms with Crippen molar-refractivity contribution in [2.45, 2.75) is 18.6 Å². The lowest BCUT2D eigenvalue weighted by Gasteiger charge is -2.26. The van der Waals surface area contributed by atoms with Gasteiger partial charge in [-0.25, -0.2) is 9.37 Å². The molecule has 102 valence electrons. The Morgan fingerprint density at radius 2 is 2.42 bits per heavy atom. The van der Waals surface area contributed by atoms with E-state index in [1.165, 1.54) is 12.1 Å². The molecule has 0 aliphatic carbocycles. The number of hydrogen-bond donors (Lipinski definition) is 1. The summed E-state index contributed by atoms with van der Waals surface area (Å²) in [5.41, 5.74) is 6.89. The van der Waals surface area contributed by atoms with E-state index in [-0.39, 0.29) is 5.82 Å². The molecule has 2 aromatic rings. The molecule has 0 amide bonds. The van der Waals surface area contributed by atoms with E-state index in [4.69, 9.17) is 15.2 Å². The Hall–Kier alpha value is -1.66. The van der Waals surface area contributed by atoms with E-state index in [1.54, 1.807) is 17.7 Å². The molecule has 1 aliphatic rings. The van der Waals surface area contributed by atoms with Crippen LogP contribution in [0.25, 0.3) is 11.0 Å². The van der Waals surface area contributed by atoms with Crippen LogP contribution in [0.2, 0.25) is 0 Å². The number of fused-ring (bicyclic) bond motifs is 1. The van der Waals surface area contributed by atoms with Gasteiger partial charge in [-0.2, -0.15) is 0 Å². The van der Waals surface area contributed by atoms with E-state index in [1.807, 2.05) is 0 Å². The van der Waals surface area contributed by atoms with Crippen molar-refractivity contribution in [3.05, 3.63) is 24.0 Å². The van der Waals surface area contributed by atoms with Gasteiger partial charge in [-0.3, -0.25) is 0 Å². The second-order valence-electron chi connectivity index (χ2n) is 4.88. The maximum Gasteiger partial charge on any atom is 0.201 e.